The molecule has 0 heterocycles. The lowest BCUT2D eigenvalue weighted by Crippen LogP contribution is -2.54. The topological polar surface area (TPSA) is 67.9 Å². The van der Waals surface area contributed by atoms with Crippen molar-refractivity contribution in [3.8, 4) is 11.5 Å². The molecule has 2 aromatic carbocycles. The van der Waals surface area contributed by atoms with Gasteiger partial charge in [0.15, 0.2) is 6.61 Å². The van der Waals surface area contributed by atoms with Crippen LogP contribution in [0.4, 0.5) is 0 Å². The Morgan fingerprint density at radius 1 is 1.06 bits per heavy atom. The number of aryl methyl sites for hydroxylation is 2. The highest BCUT2D eigenvalue weighted by molar-refractivity contribution is 9.10. The first-order valence-electron chi connectivity index (χ1n) is 11.1. The first-order chi connectivity index (χ1) is 15.4. The molecule has 0 saturated heterocycles. The molecule has 0 saturated carbocycles. The van der Waals surface area contributed by atoms with Crippen LogP contribution in [0.25, 0.3) is 0 Å². The third-order valence-corrected chi connectivity index (χ3v) is 6.42. The van der Waals surface area contributed by atoms with E-state index in [1.807, 2.05) is 77.9 Å². The van der Waals surface area contributed by atoms with Crippen molar-refractivity contribution >= 4 is 27.7 Å². The maximum absolute atomic E-state index is 13.3. The number of nitrogens with zero attached hydrogens (tertiary/aromatic N) is 1. The van der Waals surface area contributed by atoms with Gasteiger partial charge in [0.05, 0.1) is 7.11 Å². The fraction of sp³-hybridized carbons (Fsp3) is 0.462. The smallest absolute Gasteiger partial charge is 0.261 e. The third-order valence-electron chi connectivity index (χ3n) is 5.17. The molecule has 2 aromatic rings. The lowest BCUT2D eigenvalue weighted by molar-refractivity contribution is -0.143. The van der Waals surface area contributed by atoms with Crippen LogP contribution in [-0.2, 0) is 16.1 Å². The Bertz CT molecular complexity index is 944. The summed E-state index contributed by atoms with van der Waals surface area (Å²) >= 11 is 3.55. The van der Waals surface area contributed by atoms with Crippen molar-refractivity contribution in [2.24, 2.45) is 0 Å². The number of carbonyl (C=O) groups excluding carboxylic acids is 2. The maximum atomic E-state index is 13.3. The zero-order valence-corrected chi connectivity index (χ0v) is 22.2. The number of ether oxygens (including phenoxy) is 2. The van der Waals surface area contributed by atoms with Gasteiger partial charge in [0, 0.05) is 16.6 Å². The number of amides is 2. The van der Waals surface area contributed by atoms with Crippen molar-refractivity contribution in [2.75, 3.05) is 13.7 Å². The number of hydrogen-bond donors (Lipinski definition) is 1. The van der Waals surface area contributed by atoms with Crippen molar-refractivity contribution in [3.05, 3.63) is 57.6 Å². The molecule has 33 heavy (non-hydrogen) atoms. The van der Waals surface area contributed by atoms with E-state index in [0.717, 1.165) is 26.9 Å². The monoisotopic (exact) mass is 518 g/mol. The minimum absolute atomic E-state index is 0.157. The fourth-order valence-electron chi connectivity index (χ4n) is 3.52. The van der Waals surface area contributed by atoms with Crippen LogP contribution in [0.15, 0.2) is 40.9 Å². The van der Waals surface area contributed by atoms with Crippen LogP contribution in [0.5, 0.6) is 11.5 Å². The zero-order chi connectivity index (χ0) is 24.8. The number of hydrogen-bond acceptors (Lipinski definition) is 4. The van der Waals surface area contributed by atoms with Gasteiger partial charge in [-0.25, -0.2) is 0 Å². The van der Waals surface area contributed by atoms with E-state index in [0.29, 0.717) is 18.7 Å². The Morgan fingerprint density at radius 2 is 1.64 bits per heavy atom. The van der Waals surface area contributed by atoms with Crippen molar-refractivity contribution in [1.82, 2.24) is 10.2 Å². The van der Waals surface area contributed by atoms with Crippen LogP contribution in [-0.4, -0.2) is 42.0 Å². The van der Waals surface area contributed by atoms with Crippen molar-refractivity contribution in [3.63, 3.8) is 0 Å². The number of methoxy groups -OCH3 is 1. The molecule has 0 aromatic heterocycles. The SMILES string of the molecule is CC[C@@H](C(=O)NC(C)(C)C)N(Cc1ccc(OC)cc1)C(=O)COc1cc(C)c(Br)c(C)c1. The van der Waals surface area contributed by atoms with E-state index in [2.05, 4.69) is 21.2 Å². The molecule has 2 rings (SSSR count). The molecule has 0 bridgehead atoms. The van der Waals surface area contributed by atoms with E-state index in [1.165, 1.54) is 0 Å². The average molecular weight is 519 g/mol. The molecule has 6 nitrogen and oxygen atoms in total. The molecule has 7 heteroatoms. The predicted molar refractivity (Wildman–Crippen MR) is 135 cm³/mol. The zero-order valence-electron chi connectivity index (χ0n) is 20.6. The van der Waals surface area contributed by atoms with E-state index in [4.69, 9.17) is 9.47 Å². The van der Waals surface area contributed by atoms with Crippen LogP contribution in [0.1, 0.15) is 50.8 Å². The maximum Gasteiger partial charge on any atom is 0.261 e. The molecular formula is C26H35BrN2O4. The van der Waals surface area contributed by atoms with Gasteiger partial charge in [-0.15, -0.1) is 0 Å². The predicted octanol–water partition coefficient (Wildman–Crippen LogP) is 5.18. The lowest BCUT2D eigenvalue weighted by Gasteiger charge is -2.33. The molecule has 0 aliphatic heterocycles. The van der Waals surface area contributed by atoms with Gasteiger partial charge in [0.2, 0.25) is 5.91 Å². The summed E-state index contributed by atoms with van der Waals surface area (Å²) in [6.45, 7) is 11.8. The molecule has 2 amide bonds. The second-order valence-electron chi connectivity index (χ2n) is 9.19. The quantitative estimate of drug-likeness (QED) is 0.496. The van der Waals surface area contributed by atoms with Gasteiger partial charge in [0.1, 0.15) is 17.5 Å². The lowest BCUT2D eigenvalue weighted by atomic mass is 10.1. The highest BCUT2D eigenvalue weighted by Gasteiger charge is 2.31. The Kier molecular flexibility index (Phi) is 9.35. The van der Waals surface area contributed by atoms with Crippen LogP contribution < -0.4 is 14.8 Å². The Balaban J connectivity index is 2.27. The summed E-state index contributed by atoms with van der Waals surface area (Å²) in [5.41, 5.74) is 2.57. The van der Waals surface area contributed by atoms with E-state index in [9.17, 15) is 9.59 Å². The number of rotatable bonds is 9. The van der Waals surface area contributed by atoms with Gasteiger partial charge in [-0.05, 0) is 82.0 Å². The molecule has 0 fully saturated rings. The Labute approximate surface area is 205 Å². The minimum atomic E-state index is -0.615. The standard InChI is InChI=1S/C26H35BrN2O4/c1-8-22(25(31)28-26(4,5)6)29(15-19-9-11-20(32-7)12-10-19)23(30)16-33-21-13-17(2)24(27)18(3)14-21/h9-14,22H,8,15-16H2,1-7H3,(H,28,31)/t22-/m0/s1. The van der Waals surface area contributed by atoms with E-state index < -0.39 is 11.6 Å². The average Bonchev–Trinajstić information content (AvgIpc) is 2.74. The van der Waals surface area contributed by atoms with Gasteiger partial charge in [-0.3, -0.25) is 9.59 Å². The molecule has 1 atom stereocenters. The number of halogens is 1. The normalized spacial score (nSPS) is 12.1. The summed E-state index contributed by atoms with van der Waals surface area (Å²) < 4.78 is 12.1. The molecule has 1 N–H and O–H groups in total. The Morgan fingerprint density at radius 3 is 2.12 bits per heavy atom. The van der Waals surface area contributed by atoms with Crippen molar-refractivity contribution < 1.29 is 19.1 Å². The second kappa shape index (κ2) is 11.5. The van der Waals surface area contributed by atoms with Gasteiger partial charge in [0.25, 0.3) is 5.91 Å². The molecule has 0 aliphatic carbocycles. The number of nitrogens with one attached hydrogen (secondary N) is 1. The largest absolute Gasteiger partial charge is 0.497 e. The van der Waals surface area contributed by atoms with Crippen LogP contribution in [0.3, 0.4) is 0 Å². The fourth-order valence-corrected chi connectivity index (χ4v) is 3.75. The van der Waals surface area contributed by atoms with Gasteiger partial charge < -0.3 is 19.7 Å². The van der Waals surface area contributed by atoms with Crippen LogP contribution in [0, 0.1) is 13.8 Å². The molecule has 0 unspecified atom stereocenters. The summed E-state index contributed by atoms with van der Waals surface area (Å²) in [6.07, 6.45) is 0.486. The van der Waals surface area contributed by atoms with Crippen LogP contribution in [0.2, 0.25) is 0 Å². The summed E-state index contributed by atoms with van der Waals surface area (Å²) in [5, 5.41) is 3.01. The third kappa shape index (κ3) is 7.77. The molecule has 0 radical (unpaired) electrons. The summed E-state index contributed by atoms with van der Waals surface area (Å²) in [5.74, 6) is 0.929. The minimum Gasteiger partial charge on any atom is -0.497 e. The van der Waals surface area contributed by atoms with Crippen molar-refractivity contribution in [1.29, 1.82) is 0 Å². The Hall–Kier alpha value is -2.54. The summed E-state index contributed by atoms with van der Waals surface area (Å²) in [7, 11) is 1.61. The number of carbonyl (C=O) groups is 2. The molecule has 0 spiro atoms. The van der Waals surface area contributed by atoms with E-state index in [-0.39, 0.29) is 18.4 Å². The van der Waals surface area contributed by atoms with Crippen LogP contribution >= 0.6 is 15.9 Å². The van der Waals surface area contributed by atoms with Gasteiger partial charge in [-0.1, -0.05) is 35.0 Å². The molecule has 0 aliphatic rings. The first-order valence-corrected chi connectivity index (χ1v) is 11.9. The van der Waals surface area contributed by atoms with Crippen molar-refractivity contribution in [2.45, 2.75) is 66.1 Å². The van der Waals surface area contributed by atoms with E-state index >= 15 is 0 Å². The van der Waals surface area contributed by atoms with E-state index in [1.54, 1.807) is 12.0 Å². The highest BCUT2D eigenvalue weighted by Crippen LogP contribution is 2.26. The summed E-state index contributed by atoms with van der Waals surface area (Å²) in [4.78, 5) is 28.0. The first kappa shape index (κ1) is 26.7. The van der Waals surface area contributed by atoms with Gasteiger partial charge >= 0.3 is 0 Å². The molecular weight excluding hydrogens is 484 g/mol. The summed E-state index contributed by atoms with van der Waals surface area (Å²) in [6, 6.07) is 10.7. The second-order valence-corrected chi connectivity index (χ2v) is 9.99. The highest BCUT2D eigenvalue weighted by atomic mass is 79.9. The number of benzene rings is 2. The molecule has 180 valence electrons. The van der Waals surface area contributed by atoms with Gasteiger partial charge in [-0.2, -0.15) is 0 Å².